The molecule has 1 amide bonds. The number of hydrogen-bond acceptors (Lipinski definition) is 5. The van der Waals surface area contributed by atoms with Crippen molar-refractivity contribution in [3.63, 3.8) is 0 Å². The molecule has 7 heteroatoms. The van der Waals surface area contributed by atoms with Gasteiger partial charge in [0.2, 0.25) is 5.91 Å². The maximum Gasteiger partial charge on any atom is 0.340 e. The van der Waals surface area contributed by atoms with Crippen LogP contribution in [0.25, 0.3) is 0 Å². The van der Waals surface area contributed by atoms with Crippen LogP contribution in [0.5, 0.6) is 11.5 Å². The van der Waals surface area contributed by atoms with Crippen molar-refractivity contribution < 1.29 is 23.8 Å². The molecular formula is C22H28BrNO5. The molecule has 4 fully saturated rings. The normalized spacial score (nSPS) is 32.0. The third kappa shape index (κ3) is 3.86. The molecule has 29 heavy (non-hydrogen) atoms. The summed E-state index contributed by atoms with van der Waals surface area (Å²) >= 11 is 4.00. The highest BCUT2D eigenvalue weighted by molar-refractivity contribution is 9.10. The lowest BCUT2D eigenvalue weighted by Gasteiger charge is -2.60. The summed E-state index contributed by atoms with van der Waals surface area (Å²) in [6.07, 6.45) is 7.54. The summed E-state index contributed by atoms with van der Waals surface area (Å²) in [7, 11) is 4.34. The first-order valence-electron chi connectivity index (χ1n) is 10.1. The van der Waals surface area contributed by atoms with E-state index in [-0.39, 0.29) is 21.2 Å². The second-order valence-electron chi connectivity index (χ2n) is 9.08. The fraction of sp³-hybridized carbons (Fsp3) is 0.636. The molecular weight excluding hydrogens is 438 g/mol. The fourth-order valence-corrected chi connectivity index (χ4v) is 7.85. The number of halogens is 1. The molecule has 4 saturated carbocycles. The van der Waals surface area contributed by atoms with Crippen molar-refractivity contribution in [1.82, 2.24) is 0 Å². The van der Waals surface area contributed by atoms with Gasteiger partial charge in [-0.1, -0.05) is 15.9 Å². The summed E-state index contributed by atoms with van der Waals surface area (Å²) in [6, 6.07) is 3.16. The number of carbonyl (C=O) groups is 2. The van der Waals surface area contributed by atoms with E-state index in [1.807, 2.05) is 0 Å². The van der Waals surface area contributed by atoms with Gasteiger partial charge < -0.3 is 19.5 Å². The molecule has 0 spiro atoms. The summed E-state index contributed by atoms with van der Waals surface area (Å²) < 4.78 is 15.7. The third-order valence-electron chi connectivity index (χ3n) is 6.85. The molecule has 1 N–H and O–H groups in total. The zero-order valence-corrected chi connectivity index (χ0v) is 18.8. The van der Waals surface area contributed by atoms with Crippen LogP contribution >= 0.6 is 15.9 Å². The van der Waals surface area contributed by atoms with E-state index in [2.05, 4.69) is 21.2 Å². The molecule has 0 radical (unpaired) electrons. The van der Waals surface area contributed by atoms with Crippen LogP contribution in [0.15, 0.2) is 12.1 Å². The number of ether oxygens (including phenoxy) is 3. The van der Waals surface area contributed by atoms with Crippen molar-refractivity contribution in [2.75, 3.05) is 26.6 Å². The number of amides is 1. The maximum atomic E-state index is 13.1. The molecule has 0 heterocycles. The van der Waals surface area contributed by atoms with Gasteiger partial charge in [-0.25, -0.2) is 4.79 Å². The Morgan fingerprint density at radius 2 is 1.69 bits per heavy atom. The van der Waals surface area contributed by atoms with E-state index in [4.69, 9.17) is 14.2 Å². The predicted molar refractivity (Wildman–Crippen MR) is 113 cm³/mol. The van der Waals surface area contributed by atoms with E-state index in [0.717, 1.165) is 31.1 Å². The molecule has 2 atom stereocenters. The molecule has 1 aromatic carbocycles. The minimum atomic E-state index is -0.532. The van der Waals surface area contributed by atoms with Gasteiger partial charge in [0, 0.05) is 22.9 Å². The zero-order chi connectivity index (χ0) is 20.8. The molecule has 5 rings (SSSR count). The van der Waals surface area contributed by atoms with Crippen LogP contribution in [0.1, 0.15) is 55.3 Å². The van der Waals surface area contributed by atoms with Gasteiger partial charge in [-0.15, -0.1) is 0 Å². The van der Waals surface area contributed by atoms with Gasteiger partial charge in [0.15, 0.2) is 11.5 Å². The van der Waals surface area contributed by atoms with Crippen molar-refractivity contribution in [2.24, 2.45) is 17.3 Å². The molecule has 4 aliphatic carbocycles. The minimum absolute atomic E-state index is 0.0552. The highest BCUT2D eigenvalue weighted by Gasteiger charge is 2.57. The van der Waals surface area contributed by atoms with Crippen LogP contribution in [0, 0.1) is 17.3 Å². The van der Waals surface area contributed by atoms with E-state index >= 15 is 0 Å². The van der Waals surface area contributed by atoms with Gasteiger partial charge in [0.05, 0.1) is 32.6 Å². The van der Waals surface area contributed by atoms with Crippen molar-refractivity contribution in [1.29, 1.82) is 0 Å². The minimum Gasteiger partial charge on any atom is -0.493 e. The number of rotatable bonds is 6. The first-order chi connectivity index (χ1) is 13.8. The summed E-state index contributed by atoms with van der Waals surface area (Å²) in [5.74, 6) is 1.69. The Bertz CT molecular complexity index is 825. The second-order valence-corrected chi connectivity index (χ2v) is 10.8. The molecule has 0 aromatic heterocycles. The Morgan fingerprint density at radius 1 is 1.07 bits per heavy atom. The van der Waals surface area contributed by atoms with Crippen molar-refractivity contribution in [3.05, 3.63) is 17.7 Å². The van der Waals surface area contributed by atoms with Gasteiger partial charge in [0.1, 0.15) is 0 Å². The van der Waals surface area contributed by atoms with Crippen LogP contribution < -0.4 is 14.8 Å². The second kappa shape index (κ2) is 7.49. The first kappa shape index (κ1) is 20.5. The first-order valence-corrected chi connectivity index (χ1v) is 10.9. The predicted octanol–water partition coefficient (Wildman–Crippen LogP) is 4.55. The smallest absolute Gasteiger partial charge is 0.340 e. The van der Waals surface area contributed by atoms with Gasteiger partial charge in [-0.05, 0) is 55.8 Å². The van der Waals surface area contributed by atoms with Gasteiger partial charge in [0.25, 0.3) is 0 Å². The summed E-state index contributed by atoms with van der Waals surface area (Å²) in [5.41, 5.74) is 0.693. The highest BCUT2D eigenvalue weighted by Crippen LogP contribution is 2.65. The Hall–Kier alpha value is -1.76. The summed E-state index contributed by atoms with van der Waals surface area (Å²) in [5, 5.41) is 2.95. The van der Waals surface area contributed by atoms with Crippen molar-refractivity contribution in [3.8, 4) is 11.5 Å². The Kier molecular flexibility index (Phi) is 5.30. The average molecular weight is 466 g/mol. The van der Waals surface area contributed by atoms with Crippen LogP contribution in [0.3, 0.4) is 0 Å². The molecule has 158 valence electrons. The van der Waals surface area contributed by atoms with E-state index in [9.17, 15) is 9.59 Å². The Morgan fingerprint density at radius 3 is 2.24 bits per heavy atom. The molecule has 1 aromatic rings. The van der Waals surface area contributed by atoms with Crippen LogP contribution in [-0.2, 0) is 9.53 Å². The zero-order valence-electron chi connectivity index (χ0n) is 17.2. The van der Waals surface area contributed by atoms with Crippen molar-refractivity contribution >= 4 is 33.5 Å². The molecule has 0 unspecified atom stereocenters. The standard InChI is InChI=1S/C22H28BrNO5/c1-27-17-5-15(20(26)29-3)16(6-18(17)28-2)24-19(25)11-21-7-13-4-14(8-21)10-22(23,9-13)12-21/h5-6,13-14H,4,7-12H2,1-3H3,(H,24,25)/t13-,14-,21?,22?/m1/s1. The molecule has 4 bridgehead atoms. The summed E-state index contributed by atoms with van der Waals surface area (Å²) in [4.78, 5) is 25.3. The lowest BCUT2D eigenvalue weighted by molar-refractivity contribution is -0.123. The number of anilines is 1. The number of methoxy groups -OCH3 is 3. The largest absolute Gasteiger partial charge is 0.493 e. The van der Waals surface area contributed by atoms with Crippen LogP contribution in [0.2, 0.25) is 0 Å². The molecule has 6 nitrogen and oxygen atoms in total. The van der Waals surface area contributed by atoms with Crippen LogP contribution in [-0.4, -0.2) is 37.5 Å². The third-order valence-corrected chi connectivity index (χ3v) is 7.78. The lowest BCUT2D eigenvalue weighted by atomic mass is 9.48. The van der Waals surface area contributed by atoms with Gasteiger partial charge >= 0.3 is 5.97 Å². The number of nitrogens with one attached hydrogen (secondary N) is 1. The van der Waals surface area contributed by atoms with E-state index in [1.54, 1.807) is 12.1 Å². The monoisotopic (exact) mass is 465 g/mol. The maximum absolute atomic E-state index is 13.1. The topological polar surface area (TPSA) is 73.9 Å². The fourth-order valence-electron chi connectivity index (χ4n) is 6.34. The summed E-state index contributed by atoms with van der Waals surface area (Å²) in [6.45, 7) is 0. The quantitative estimate of drug-likeness (QED) is 0.492. The number of carbonyl (C=O) groups excluding carboxylic acids is 2. The van der Waals surface area contributed by atoms with Crippen LogP contribution in [0.4, 0.5) is 5.69 Å². The molecule has 0 aliphatic heterocycles. The molecule has 0 saturated heterocycles. The van der Waals surface area contributed by atoms with E-state index in [0.29, 0.717) is 23.6 Å². The lowest BCUT2D eigenvalue weighted by Crippen LogP contribution is -2.53. The SMILES string of the molecule is COC(=O)c1cc(OC)c(OC)cc1NC(=O)CC12C[C@H]3C[C@@H](CC(Br)(C3)C1)C2. The average Bonchev–Trinajstić information content (AvgIpc) is 2.64. The van der Waals surface area contributed by atoms with E-state index < -0.39 is 5.97 Å². The van der Waals surface area contributed by atoms with Crippen molar-refractivity contribution in [2.45, 2.75) is 49.3 Å². The van der Waals surface area contributed by atoms with Gasteiger partial charge in [-0.3, -0.25) is 4.79 Å². The van der Waals surface area contributed by atoms with Gasteiger partial charge in [-0.2, -0.15) is 0 Å². The number of alkyl halides is 1. The number of hydrogen-bond donors (Lipinski definition) is 1. The highest BCUT2D eigenvalue weighted by atomic mass is 79.9. The molecule has 4 aliphatic rings. The number of benzene rings is 1. The Balaban J connectivity index is 1.56. The Labute approximate surface area is 179 Å². The van der Waals surface area contributed by atoms with E-state index in [1.165, 1.54) is 40.6 Å². The number of esters is 1.